The lowest BCUT2D eigenvalue weighted by atomic mass is 10.0. The van der Waals surface area contributed by atoms with Crippen molar-refractivity contribution in [1.29, 1.82) is 0 Å². The summed E-state index contributed by atoms with van der Waals surface area (Å²) in [6, 6.07) is 10.5. The molecule has 6 nitrogen and oxygen atoms in total. The van der Waals surface area contributed by atoms with Gasteiger partial charge in [-0.15, -0.1) is 0 Å². The van der Waals surface area contributed by atoms with Crippen molar-refractivity contribution >= 4 is 33.4 Å². The summed E-state index contributed by atoms with van der Waals surface area (Å²) in [7, 11) is 0. The second-order valence-corrected chi connectivity index (χ2v) is 8.18. The van der Waals surface area contributed by atoms with Crippen molar-refractivity contribution in [3.63, 3.8) is 0 Å². The number of carbonyl (C=O) groups excluding carboxylic acids is 2. The Labute approximate surface area is 167 Å². The fourth-order valence-electron chi connectivity index (χ4n) is 3.27. The predicted molar refractivity (Wildman–Crippen MR) is 106 cm³/mol. The van der Waals surface area contributed by atoms with Gasteiger partial charge in [0.25, 0.3) is 5.91 Å². The van der Waals surface area contributed by atoms with Crippen molar-refractivity contribution in [2.75, 3.05) is 18.4 Å². The molecule has 2 heterocycles. The molecule has 1 aromatic heterocycles. The van der Waals surface area contributed by atoms with Crippen molar-refractivity contribution in [3.05, 3.63) is 52.4 Å². The van der Waals surface area contributed by atoms with Gasteiger partial charge in [-0.1, -0.05) is 12.1 Å². The number of hydrogen-bond donors (Lipinski definition) is 1. The molecule has 1 aliphatic rings. The number of halogens is 1. The van der Waals surface area contributed by atoms with Crippen LogP contribution in [0, 0.1) is 0 Å². The molecule has 1 N–H and O–H groups in total. The normalized spacial score (nSPS) is 19.0. The molecule has 0 aliphatic carbocycles. The highest BCUT2D eigenvalue weighted by Gasteiger charge is 2.33. The molecule has 1 aromatic carbocycles. The summed E-state index contributed by atoms with van der Waals surface area (Å²) >= 11 is 3.17. The number of hydrogen-bond acceptors (Lipinski definition) is 4. The number of amides is 2. The highest BCUT2D eigenvalue weighted by molar-refractivity contribution is 9.10. The summed E-state index contributed by atoms with van der Waals surface area (Å²) in [6.07, 6.45) is 0.347. The minimum absolute atomic E-state index is 0.0249. The molecule has 1 saturated heterocycles. The van der Waals surface area contributed by atoms with Gasteiger partial charge in [0.1, 0.15) is 0 Å². The van der Waals surface area contributed by atoms with Crippen LogP contribution < -0.4 is 5.32 Å². The van der Waals surface area contributed by atoms with Crippen LogP contribution in [-0.2, 0) is 16.0 Å². The average Bonchev–Trinajstić information content (AvgIpc) is 3.01. The molecule has 1 fully saturated rings. The van der Waals surface area contributed by atoms with Gasteiger partial charge in [-0.3, -0.25) is 9.59 Å². The van der Waals surface area contributed by atoms with E-state index in [1.54, 1.807) is 24.3 Å². The van der Waals surface area contributed by atoms with E-state index in [9.17, 15) is 9.59 Å². The zero-order valence-corrected chi connectivity index (χ0v) is 17.2. The van der Waals surface area contributed by atoms with E-state index in [1.165, 1.54) is 0 Å². The third kappa shape index (κ3) is 5.20. The molecule has 3 rings (SSSR count). The van der Waals surface area contributed by atoms with Crippen LogP contribution in [0.25, 0.3) is 0 Å². The third-order valence-electron chi connectivity index (χ3n) is 4.29. The summed E-state index contributed by atoms with van der Waals surface area (Å²) in [5.41, 5.74) is 1.21. The van der Waals surface area contributed by atoms with E-state index in [0.717, 1.165) is 5.56 Å². The minimum atomic E-state index is -0.331. The number of anilines is 1. The van der Waals surface area contributed by atoms with Crippen molar-refractivity contribution < 1.29 is 18.7 Å². The molecular formula is C20H23BrN2O4. The first kappa shape index (κ1) is 19.6. The standard InChI is InChI=1S/C20H23BrN2O4/c1-13-11-23(12-20(2,3)27-13)18(24)10-14-4-6-15(7-5-14)22-19(25)16-8-9-17(21)26-16/h4-9,13H,10-12H2,1-3H3,(H,22,25)/t13-/m1/s1. The van der Waals surface area contributed by atoms with E-state index < -0.39 is 0 Å². The summed E-state index contributed by atoms with van der Waals surface area (Å²) < 4.78 is 11.6. The van der Waals surface area contributed by atoms with Gasteiger partial charge in [-0.2, -0.15) is 0 Å². The predicted octanol–water partition coefficient (Wildman–Crippen LogP) is 3.86. The number of ether oxygens (including phenoxy) is 1. The first-order valence-corrected chi connectivity index (χ1v) is 9.62. The summed E-state index contributed by atoms with van der Waals surface area (Å²) in [4.78, 5) is 26.6. The number of morpholine rings is 1. The van der Waals surface area contributed by atoms with Gasteiger partial charge in [0.15, 0.2) is 10.4 Å². The van der Waals surface area contributed by atoms with Crippen molar-refractivity contribution in [2.24, 2.45) is 0 Å². The fraction of sp³-hybridized carbons (Fsp3) is 0.400. The maximum atomic E-state index is 12.6. The summed E-state index contributed by atoms with van der Waals surface area (Å²) in [5, 5.41) is 2.77. The topological polar surface area (TPSA) is 71.8 Å². The van der Waals surface area contributed by atoms with E-state index in [-0.39, 0.29) is 29.3 Å². The first-order valence-electron chi connectivity index (χ1n) is 8.83. The van der Waals surface area contributed by atoms with Crippen molar-refractivity contribution in [3.8, 4) is 0 Å². The number of benzene rings is 1. The van der Waals surface area contributed by atoms with E-state index in [2.05, 4.69) is 21.2 Å². The maximum absolute atomic E-state index is 12.6. The Balaban J connectivity index is 1.59. The third-order valence-corrected chi connectivity index (χ3v) is 4.71. The van der Waals surface area contributed by atoms with Crippen LogP contribution in [0.5, 0.6) is 0 Å². The van der Waals surface area contributed by atoms with Crippen LogP contribution in [0.2, 0.25) is 0 Å². The van der Waals surface area contributed by atoms with Gasteiger partial charge in [0, 0.05) is 18.8 Å². The lowest BCUT2D eigenvalue weighted by Crippen LogP contribution is -2.54. The molecule has 1 aliphatic heterocycles. The highest BCUT2D eigenvalue weighted by atomic mass is 79.9. The maximum Gasteiger partial charge on any atom is 0.291 e. The Hall–Kier alpha value is -2.12. The Morgan fingerprint density at radius 1 is 1.22 bits per heavy atom. The highest BCUT2D eigenvalue weighted by Crippen LogP contribution is 2.22. The Morgan fingerprint density at radius 2 is 1.93 bits per heavy atom. The summed E-state index contributed by atoms with van der Waals surface area (Å²) in [6.45, 7) is 7.17. The fourth-order valence-corrected chi connectivity index (χ4v) is 3.57. The van der Waals surface area contributed by atoms with Crippen molar-refractivity contribution in [2.45, 2.75) is 38.9 Å². The van der Waals surface area contributed by atoms with E-state index in [4.69, 9.17) is 9.15 Å². The van der Waals surface area contributed by atoms with Gasteiger partial charge in [-0.25, -0.2) is 0 Å². The quantitative estimate of drug-likeness (QED) is 0.792. The molecule has 27 heavy (non-hydrogen) atoms. The van der Waals surface area contributed by atoms with Gasteiger partial charge >= 0.3 is 0 Å². The van der Waals surface area contributed by atoms with Crippen LogP contribution in [0.4, 0.5) is 5.69 Å². The Bertz CT molecular complexity index is 829. The Morgan fingerprint density at radius 3 is 2.52 bits per heavy atom. The molecule has 2 aromatic rings. The van der Waals surface area contributed by atoms with Crippen LogP contribution >= 0.6 is 15.9 Å². The van der Waals surface area contributed by atoms with Crippen molar-refractivity contribution in [1.82, 2.24) is 4.90 Å². The molecule has 0 unspecified atom stereocenters. The Kier molecular flexibility index (Phi) is 5.72. The number of nitrogens with one attached hydrogen (secondary N) is 1. The molecule has 7 heteroatoms. The molecule has 1 atom stereocenters. The molecule has 0 saturated carbocycles. The number of rotatable bonds is 4. The second-order valence-electron chi connectivity index (χ2n) is 7.39. The molecule has 144 valence electrons. The second kappa shape index (κ2) is 7.86. The number of furan rings is 1. The first-order chi connectivity index (χ1) is 12.7. The minimum Gasteiger partial charge on any atom is -0.444 e. The molecule has 0 bridgehead atoms. The van der Waals surface area contributed by atoms with Crippen LogP contribution in [0.15, 0.2) is 45.5 Å². The molecule has 2 amide bonds. The van der Waals surface area contributed by atoms with Crippen LogP contribution in [0.3, 0.4) is 0 Å². The van der Waals surface area contributed by atoms with Crippen LogP contribution in [0.1, 0.15) is 36.9 Å². The lowest BCUT2D eigenvalue weighted by Gasteiger charge is -2.41. The van der Waals surface area contributed by atoms with E-state index in [0.29, 0.717) is 29.9 Å². The summed E-state index contributed by atoms with van der Waals surface area (Å²) in [5.74, 6) is -0.0188. The molecule has 0 spiro atoms. The van der Waals surface area contributed by atoms with Gasteiger partial charge < -0.3 is 19.4 Å². The van der Waals surface area contributed by atoms with Gasteiger partial charge in [0.05, 0.1) is 18.1 Å². The van der Waals surface area contributed by atoms with E-state index in [1.807, 2.05) is 37.8 Å². The number of nitrogens with zero attached hydrogens (tertiary/aromatic N) is 1. The van der Waals surface area contributed by atoms with Crippen LogP contribution in [-0.4, -0.2) is 41.5 Å². The zero-order chi connectivity index (χ0) is 19.6. The van der Waals surface area contributed by atoms with Gasteiger partial charge in [0.2, 0.25) is 5.91 Å². The monoisotopic (exact) mass is 434 g/mol. The molecule has 0 radical (unpaired) electrons. The SMILES string of the molecule is C[C@@H]1CN(C(=O)Cc2ccc(NC(=O)c3ccc(Br)o3)cc2)CC(C)(C)O1. The smallest absolute Gasteiger partial charge is 0.291 e. The van der Waals surface area contributed by atoms with Gasteiger partial charge in [-0.05, 0) is 66.5 Å². The largest absolute Gasteiger partial charge is 0.444 e. The lowest BCUT2D eigenvalue weighted by molar-refractivity contribution is -0.157. The number of carbonyl (C=O) groups is 2. The zero-order valence-electron chi connectivity index (χ0n) is 15.6. The van der Waals surface area contributed by atoms with E-state index >= 15 is 0 Å². The average molecular weight is 435 g/mol. The molecular weight excluding hydrogens is 412 g/mol.